The molecule has 2 nitrogen and oxygen atoms in total. The molecule has 30 heavy (non-hydrogen) atoms. The van der Waals surface area contributed by atoms with Gasteiger partial charge in [0.2, 0.25) is 0 Å². The molecule has 4 aromatic rings. The van der Waals surface area contributed by atoms with Gasteiger partial charge in [0, 0.05) is 5.39 Å². The maximum atomic E-state index is 6.11. The van der Waals surface area contributed by atoms with Crippen LogP contribution < -0.4 is 9.47 Å². The Kier molecular flexibility index (Phi) is 6.34. The fraction of sp³-hybridized carbons (Fsp3) is 0.214. The third-order valence-corrected chi connectivity index (χ3v) is 5.31. The number of hydrogen-bond acceptors (Lipinski definition) is 2. The maximum absolute atomic E-state index is 6.11. The summed E-state index contributed by atoms with van der Waals surface area (Å²) in [5, 5.41) is 2.32. The average Bonchev–Trinajstić information content (AvgIpc) is 2.78. The second kappa shape index (κ2) is 9.49. The van der Waals surface area contributed by atoms with Gasteiger partial charge >= 0.3 is 0 Å². The van der Waals surface area contributed by atoms with Crippen LogP contribution in [-0.4, -0.2) is 13.2 Å². The second-order valence-electron chi connectivity index (χ2n) is 7.61. The summed E-state index contributed by atoms with van der Waals surface area (Å²) in [5.74, 6) is 1.86. The zero-order chi connectivity index (χ0) is 20.8. The number of fused-ring (bicyclic) bond motifs is 1. The minimum absolute atomic E-state index is 0.513. The molecule has 4 aromatic carbocycles. The summed E-state index contributed by atoms with van der Waals surface area (Å²) in [7, 11) is 0. The molecule has 0 heterocycles. The SMILES string of the molecule is CCCc1cc(-c2ccc(C)cc2)ccc1OCCOc1cccc2ccccc12. The van der Waals surface area contributed by atoms with Crippen molar-refractivity contribution in [2.75, 3.05) is 13.2 Å². The topological polar surface area (TPSA) is 18.5 Å². The van der Waals surface area contributed by atoms with Gasteiger partial charge in [-0.3, -0.25) is 0 Å². The van der Waals surface area contributed by atoms with Gasteiger partial charge in [-0.05, 0) is 53.6 Å². The molecule has 0 spiro atoms. The van der Waals surface area contributed by atoms with Gasteiger partial charge in [-0.15, -0.1) is 0 Å². The van der Waals surface area contributed by atoms with Gasteiger partial charge in [-0.1, -0.05) is 85.6 Å². The van der Waals surface area contributed by atoms with Crippen molar-refractivity contribution in [2.45, 2.75) is 26.7 Å². The standard InChI is InChI=1S/C28H28O2/c1-3-7-25-20-24(22-14-12-21(2)13-15-22)16-17-27(25)29-18-19-30-28-11-6-9-23-8-4-5-10-26(23)28/h4-6,8-17,20H,3,7,18-19H2,1-2H3. The van der Waals surface area contributed by atoms with Crippen LogP contribution in [0.3, 0.4) is 0 Å². The molecule has 0 amide bonds. The Bertz CT molecular complexity index is 1110. The van der Waals surface area contributed by atoms with E-state index in [0.717, 1.165) is 29.7 Å². The van der Waals surface area contributed by atoms with Gasteiger partial charge in [0.25, 0.3) is 0 Å². The number of aryl methyl sites for hydroxylation is 2. The van der Waals surface area contributed by atoms with Crippen molar-refractivity contribution < 1.29 is 9.47 Å². The molecule has 152 valence electrons. The van der Waals surface area contributed by atoms with Crippen molar-refractivity contribution in [2.24, 2.45) is 0 Å². The summed E-state index contributed by atoms with van der Waals surface area (Å²) in [6.45, 7) is 5.35. The van der Waals surface area contributed by atoms with Crippen molar-refractivity contribution in [3.8, 4) is 22.6 Å². The summed E-state index contributed by atoms with van der Waals surface area (Å²) < 4.78 is 12.1. The van der Waals surface area contributed by atoms with Crippen LogP contribution in [0.5, 0.6) is 11.5 Å². The zero-order valence-electron chi connectivity index (χ0n) is 17.7. The van der Waals surface area contributed by atoms with Crippen molar-refractivity contribution in [1.29, 1.82) is 0 Å². The molecule has 0 saturated carbocycles. The molecule has 0 radical (unpaired) electrons. The summed E-state index contributed by atoms with van der Waals surface area (Å²) in [5.41, 5.74) is 5.00. The second-order valence-corrected chi connectivity index (χ2v) is 7.61. The fourth-order valence-corrected chi connectivity index (χ4v) is 3.74. The predicted molar refractivity (Wildman–Crippen MR) is 126 cm³/mol. The van der Waals surface area contributed by atoms with Gasteiger partial charge in [0.15, 0.2) is 0 Å². The minimum atomic E-state index is 0.513. The van der Waals surface area contributed by atoms with Crippen molar-refractivity contribution in [3.05, 3.63) is 96.1 Å². The molecule has 0 N–H and O–H groups in total. The van der Waals surface area contributed by atoms with E-state index in [1.54, 1.807) is 0 Å². The van der Waals surface area contributed by atoms with Gasteiger partial charge in [-0.2, -0.15) is 0 Å². The molecule has 2 heteroatoms. The zero-order valence-corrected chi connectivity index (χ0v) is 17.7. The lowest BCUT2D eigenvalue weighted by Crippen LogP contribution is -2.10. The normalized spacial score (nSPS) is 10.9. The molecule has 0 unspecified atom stereocenters. The van der Waals surface area contributed by atoms with Gasteiger partial charge < -0.3 is 9.47 Å². The van der Waals surface area contributed by atoms with E-state index >= 15 is 0 Å². The monoisotopic (exact) mass is 396 g/mol. The lowest BCUT2D eigenvalue weighted by molar-refractivity contribution is 0.217. The number of hydrogen-bond donors (Lipinski definition) is 0. The Morgan fingerprint density at radius 2 is 1.37 bits per heavy atom. The molecular weight excluding hydrogens is 368 g/mol. The summed E-state index contributed by atoms with van der Waals surface area (Å²) in [4.78, 5) is 0. The lowest BCUT2D eigenvalue weighted by atomic mass is 9.99. The van der Waals surface area contributed by atoms with E-state index in [4.69, 9.17) is 9.47 Å². The van der Waals surface area contributed by atoms with E-state index in [-0.39, 0.29) is 0 Å². The van der Waals surface area contributed by atoms with Crippen molar-refractivity contribution >= 4 is 10.8 Å². The molecule has 0 aliphatic heterocycles. The highest BCUT2D eigenvalue weighted by molar-refractivity contribution is 5.88. The van der Waals surface area contributed by atoms with Gasteiger partial charge in [0.05, 0.1) is 0 Å². The Balaban J connectivity index is 1.43. The number of rotatable bonds is 8. The number of ether oxygens (including phenoxy) is 2. The van der Waals surface area contributed by atoms with Gasteiger partial charge in [-0.25, -0.2) is 0 Å². The highest BCUT2D eigenvalue weighted by atomic mass is 16.5. The quantitative estimate of drug-likeness (QED) is 0.293. The van der Waals surface area contributed by atoms with Crippen LogP contribution in [-0.2, 0) is 6.42 Å². The third-order valence-electron chi connectivity index (χ3n) is 5.31. The van der Waals surface area contributed by atoms with E-state index < -0.39 is 0 Å². The Hall–Kier alpha value is -3.26. The van der Waals surface area contributed by atoms with Crippen LogP contribution in [0.25, 0.3) is 21.9 Å². The summed E-state index contributed by atoms with van der Waals surface area (Å²) in [6.07, 6.45) is 2.08. The minimum Gasteiger partial charge on any atom is -0.490 e. The largest absolute Gasteiger partial charge is 0.490 e. The molecule has 0 fully saturated rings. The van der Waals surface area contributed by atoms with Crippen LogP contribution in [0, 0.1) is 6.92 Å². The first-order valence-corrected chi connectivity index (χ1v) is 10.7. The summed E-state index contributed by atoms with van der Waals surface area (Å²) in [6, 6.07) is 29.6. The predicted octanol–water partition coefficient (Wildman–Crippen LogP) is 7.23. The first-order chi connectivity index (χ1) is 14.7. The lowest BCUT2D eigenvalue weighted by Gasteiger charge is -2.14. The first kappa shape index (κ1) is 20.0. The highest BCUT2D eigenvalue weighted by Crippen LogP contribution is 2.29. The Labute approximate surface area is 179 Å². The Morgan fingerprint density at radius 1 is 0.667 bits per heavy atom. The number of benzene rings is 4. The molecule has 0 aliphatic rings. The Morgan fingerprint density at radius 3 is 2.17 bits per heavy atom. The smallest absolute Gasteiger partial charge is 0.127 e. The first-order valence-electron chi connectivity index (χ1n) is 10.7. The van der Waals surface area contributed by atoms with Crippen LogP contribution in [0.1, 0.15) is 24.5 Å². The van der Waals surface area contributed by atoms with E-state index in [0.29, 0.717) is 13.2 Å². The fourth-order valence-electron chi connectivity index (χ4n) is 3.74. The van der Waals surface area contributed by atoms with Crippen LogP contribution in [0.2, 0.25) is 0 Å². The molecule has 0 aromatic heterocycles. The molecule has 0 saturated heterocycles. The molecule has 0 aliphatic carbocycles. The van der Waals surface area contributed by atoms with E-state index in [1.165, 1.54) is 27.6 Å². The molecular formula is C28H28O2. The third kappa shape index (κ3) is 4.65. The molecule has 4 rings (SSSR count). The molecule has 0 atom stereocenters. The van der Waals surface area contributed by atoms with Crippen molar-refractivity contribution in [3.63, 3.8) is 0 Å². The molecule has 0 bridgehead atoms. The van der Waals surface area contributed by atoms with Gasteiger partial charge in [0.1, 0.15) is 24.7 Å². The van der Waals surface area contributed by atoms with Crippen LogP contribution in [0.4, 0.5) is 0 Å². The average molecular weight is 397 g/mol. The highest BCUT2D eigenvalue weighted by Gasteiger charge is 2.07. The maximum Gasteiger partial charge on any atom is 0.127 e. The van der Waals surface area contributed by atoms with Crippen LogP contribution >= 0.6 is 0 Å². The van der Waals surface area contributed by atoms with E-state index in [2.05, 4.69) is 74.5 Å². The van der Waals surface area contributed by atoms with Crippen LogP contribution in [0.15, 0.2) is 84.9 Å². The summed E-state index contributed by atoms with van der Waals surface area (Å²) >= 11 is 0. The van der Waals surface area contributed by atoms with E-state index in [9.17, 15) is 0 Å². The van der Waals surface area contributed by atoms with E-state index in [1.807, 2.05) is 24.3 Å². The van der Waals surface area contributed by atoms with Crippen molar-refractivity contribution in [1.82, 2.24) is 0 Å².